The molecule has 2 rings (SSSR count). The Labute approximate surface area is 68.2 Å². The summed E-state index contributed by atoms with van der Waals surface area (Å²) in [4.78, 5) is 0. The molecule has 0 aromatic rings. The summed E-state index contributed by atoms with van der Waals surface area (Å²) >= 11 is 0. The van der Waals surface area contributed by atoms with Gasteiger partial charge in [0.05, 0.1) is 0 Å². The molecular weight excluding hydrogens is 134 g/mol. The van der Waals surface area contributed by atoms with Gasteiger partial charge in [-0.15, -0.1) is 0 Å². The van der Waals surface area contributed by atoms with Crippen molar-refractivity contribution in [1.82, 2.24) is 5.32 Å². The Kier molecular flexibility index (Phi) is 1.97. The van der Waals surface area contributed by atoms with E-state index in [0.29, 0.717) is 0 Å². The lowest BCUT2D eigenvalue weighted by Gasteiger charge is -2.15. The molecule has 0 aromatic heterocycles. The topological polar surface area (TPSA) is 12.0 Å². The molecule has 2 aliphatic rings. The first-order chi connectivity index (χ1) is 5.47. The van der Waals surface area contributed by atoms with Crippen molar-refractivity contribution in [3.8, 4) is 0 Å². The lowest BCUT2D eigenvalue weighted by Crippen LogP contribution is -2.17. The number of allylic oxidation sites excluding steroid dienone is 3. The Morgan fingerprint density at radius 2 is 2.00 bits per heavy atom. The maximum atomic E-state index is 3.45. The molecule has 0 amide bonds. The van der Waals surface area contributed by atoms with E-state index in [4.69, 9.17) is 0 Å². The Hall–Kier alpha value is -0.720. The van der Waals surface area contributed by atoms with E-state index in [-0.39, 0.29) is 0 Å². The van der Waals surface area contributed by atoms with Crippen molar-refractivity contribution >= 4 is 0 Å². The van der Waals surface area contributed by atoms with Gasteiger partial charge < -0.3 is 5.32 Å². The lowest BCUT2D eigenvalue weighted by atomic mass is 10.1. The van der Waals surface area contributed by atoms with Crippen LogP contribution in [-0.2, 0) is 0 Å². The van der Waals surface area contributed by atoms with Gasteiger partial charge in [0.1, 0.15) is 0 Å². The first-order valence-electron chi connectivity index (χ1n) is 4.59. The number of hydrogen-bond donors (Lipinski definition) is 1. The fourth-order valence-corrected chi connectivity index (χ4v) is 1.87. The van der Waals surface area contributed by atoms with Gasteiger partial charge in [0.25, 0.3) is 0 Å². The monoisotopic (exact) mass is 149 g/mol. The van der Waals surface area contributed by atoms with Gasteiger partial charge in [0.2, 0.25) is 0 Å². The van der Waals surface area contributed by atoms with E-state index >= 15 is 0 Å². The molecule has 1 N–H and O–H groups in total. The van der Waals surface area contributed by atoms with Crippen molar-refractivity contribution in [2.45, 2.75) is 32.1 Å². The number of dihydropyridines is 1. The van der Waals surface area contributed by atoms with E-state index in [2.05, 4.69) is 17.5 Å². The van der Waals surface area contributed by atoms with Gasteiger partial charge in [0.15, 0.2) is 0 Å². The largest absolute Gasteiger partial charge is 0.385 e. The van der Waals surface area contributed by atoms with E-state index in [1.807, 2.05) is 0 Å². The minimum atomic E-state index is 1.04. The molecule has 0 atom stereocenters. The molecule has 0 radical (unpaired) electrons. The average Bonchev–Trinajstić information content (AvgIpc) is 2.28. The van der Waals surface area contributed by atoms with E-state index in [1.165, 1.54) is 37.8 Å². The summed E-state index contributed by atoms with van der Waals surface area (Å²) < 4.78 is 0. The molecule has 1 heteroatoms. The second kappa shape index (κ2) is 3.12. The number of rotatable bonds is 0. The smallest absolute Gasteiger partial charge is 0.0331 e. The first-order valence-corrected chi connectivity index (χ1v) is 4.59. The molecule has 0 saturated heterocycles. The maximum absolute atomic E-state index is 3.45. The number of hydrogen-bond acceptors (Lipinski definition) is 1. The zero-order chi connectivity index (χ0) is 7.52. The highest BCUT2D eigenvalue weighted by Gasteiger charge is 2.10. The van der Waals surface area contributed by atoms with Gasteiger partial charge in [-0.1, -0.05) is 18.6 Å². The highest BCUT2D eigenvalue weighted by atomic mass is 14.9. The van der Waals surface area contributed by atoms with Crippen LogP contribution in [0.4, 0.5) is 0 Å². The summed E-state index contributed by atoms with van der Waals surface area (Å²) in [5.74, 6) is 0. The van der Waals surface area contributed by atoms with Gasteiger partial charge in [0, 0.05) is 12.2 Å². The lowest BCUT2D eigenvalue weighted by molar-refractivity contribution is 0.694. The summed E-state index contributed by atoms with van der Waals surface area (Å²) in [5.41, 5.74) is 3.08. The van der Waals surface area contributed by atoms with Crippen LogP contribution in [0.25, 0.3) is 0 Å². The Balaban J connectivity index is 2.17. The molecule has 0 saturated carbocycles. The second-order valence-corrected chi connectivity index (χ2v) is 3.35. The van der Waals surface area contributed by atoms with Gasteiger partial charge >= 0.3 is 0 Å². The molecule has 1 aliphatic carbocycles. The summed E-state index contributed by atoms with van der Waals surface area (Å²) in [5, 5.41) is 3.45. The molecular formula is C10H15N. The van der Waals surface area contributed by atoms with Gasteiger partial charge in [-0.05, 0) is 31.3 Å². The minimum Gasteiger partial charge on any atom is -0.385 e. The normalized spacial score (nSPS) is 24.0. The maximum Gasteiger partial charge on any atom is 0.0331 e. The zero-order valence-electron chi connectivity index (χ0n) is 6.90. The molecule has 1 nitrogen and oxygen atoms in total. The summed E-state index contributed by atoms with van der Waals surface area (Å²) in [7, 11) is 0. The van der Waals surface area contributed by atoms with Crippen LogP contribution < -0.4 is 5.32 Å². The van der Waals surface area contributed by atoms with Crippen molar-refractivity contribution in [2.24, 2.45) is 0 Å². The van der Waals surface area contributed by atoms with E-state index < -0.39 is 0 Å². The molecule has 0 bridgehead atoms. The molecule has 0 spiro atoms. The average molecular weight is 149 g/mol. The highest BCUT2D eigenvalue weighted by molar-refractivity contribution is 5.29. The molecule has 0 unspecified atom stereocenters. The summed E-state index contributed by atoms with van der Waals surface area (Å²) in [6.45, 7) is 1.04. The Bertz CT molecular complexity index is 201. The van der Waals surface area contributed by atoms with E-state index in [9.17, 15) is 0 Å². The molecule has 60 valence electrons. The van der Waals surface area contributed by atoms with Crippen LogP contribution in [0, 0.1) is 0 Å². The third-order valence-corrected chi connectivity index (χ3v) is 2.51. The number of nitrogens with one attached hydrogen (secondary N) is 1. The first kappa shape index (κ1) is 6.96. The summed E-state index contributed by atoms with van der Waals surface area (Å²) in [6.07, 6.45) is 11.3. The van der Waals surface area contributed by atoms with Crippen molar-refractivity contribution < 1.29 is 0 Å². The summed E-state index contributed by atoms with van der Waals surface area (Å²) in [6, 6.07) is 0. The molecule has 1 heterocycles. The van der Waals surface area contributed by atoms with E-state index in [0.717, 1.165) is 6.54 Å². The van der Waals surface area contributed by atoms with Crippen molar-refractivity contribution in [3.63, 3.8) is 0 Å². The fourth-order valence-electron chi connectivity index (χ4n) is 1.87. The van der Waals surface area contributed by atoms with Crippen LogP contribution in [-0.4, -0.2) is 6.54 Å². The van der Waals surface area contributed by atoms with Crippen LogP contribution in [0.2, 0.25) is 0 Å². The van der Waals surface area contributed by atoms with Gasteiger partial charge in [-0.25, -0.2) is 0 Å². The standard InChI is InChI=1S/C10H15N/c1-2-5-9-6-4-8-11-10(9)7-3-1/h4,6,11H,1-3,5,7-8H2. The zero-order valence-corrected chi connectivity index (χ0v) is 6.90. The Morgan fingerprint density at radius 3 is 3.00 bits per heavy atom. The Morgan fingerprint density at radius 1 is 1.09 bits per heavy atom. The highest BCUT2D eigenvalue weighted by Crippen LogP contribution is 2.24. The van der Waals surface area contributed by atoms with Crippen LogP contribution in [0.3, 0.4) is 0 Å². The molecule has 1 aliphatic heterocycles. The predicted octanol–water partition coefficient (Wildman–Crippen LogP) is 2.36. The van der Waals surface area contributed by atoms with Crippen LogP contribution in [0.15, 0.2) is 23.4 Å². The molecule has 11 heavy (non-hydrogen) atoms. The van der Waals surface area contributed by atoms with E-state index in [1.54, 1.807) is 5.57 Å². The van der Waals surface area contributed by atoms with Gasteiger partial charge in [-0.2, -0.15) is 0 Å². The van der Waals surface area contributed by atoms with Crippen molar-refractivity contribution in [2.75, 3.05) is 6.54 Å². The van der Waals surface area contributed by atoms with Crippen LogP contribution >= 0.6 is 0 Å². The van der Waals surface area contributed by atoms with Crippen LogP contribution in [0.5, 0.6) is 0 Å². The minimum absolute atomic E-state index is 1.04. The van der Waals surface area contributed by atoms with Crippen molar-refractivity contribution in [3.05, 3.63) is 23.4 Å². The predicted molar refractivity (Wildman–Crippen MR) is 47.3 cm³/mol. The molecule has 0 fully saturated rings. The third-order valence-electron chi connectivity index (χ3n) is 2.51. The van der Waals surface area contributed by atoms with Gasteiger partial charge in [-0.3, -0.25) is 0 Å². The van der Waals surface area contributed by atoms with Crippen LogP contribution in [0.1, 0.15) is 32.1 Å². The molecule has 0 aromatic carbocycles. The third kappa shape index (κ3) is 1.47. The SMILES string of the molecule is C1=CC2=C(CCCCC2)NC1. The second-order valence-electron chi connectivity index (χ2n) is 3.35. The fraction of sp³-hybridized carbons (Fsp3) is 0.600. The quantitative estimate of drug-likeness (QED) is 0.557. The van der Waals surface area contributed by atoms with Crippen molar-refractivity contribution in [1.29, 1.82) is 0 Å².